The van der Waals surface area contributed by atoms with Crippen LogP contribution in [0.1, 0.15) is 23.9 Å². The van der Waals surface area contributed by atoms with Gasteiger partial charge in [-0.3, -0.25) is 5.32 Å². The van der Waals surface area contributed by atoms with Crippen LogP contribution >= 0.6 is 12.2 Å². The summed E-state index contributed by atoms with van der Waals surface area (Å²) >= 11 is 5.50. The van der Waals surface area contributed by atoms with Crippen molar-refractivity contribution in [3.63, 3.8) is 0 Å². The zero-order valence-corrected chi connectivity index (χ0v) is 20.0. The highest BCUT2D eigenvalue weighted by Crippen LogP contribution is 2.18. The van der Waals surface area contributed by atoms with Gasteiger partial charge in [-0.1, -0.05) is 18.2 Å². The monoisotopic (exact) mass is 464 g/mol. The van der Waals surface area contributed by atoms with Crippen molar-refractivity contribution in [3.05, 3.63) is 71.5 Å². The summed E-state index contributed by atoms with van der Waals surface area (Å²) in [6.45, 7) is 6.76. The zero-order chi connectivity index (χ0) is 23.6. The molecule has 0 saturated heterocycles. The number of aryl methyl sites for hydroxylation is 2. The predicted octanol–water partition coefficient (Wildman–Crippen LogP) is 4.46. The Bertz CT molecular complexity index is 1100. The minimum Gasteiger partial charge on any atom is -0.496 e. The van der Waals surface area contributed by atoms with E-state index in [-0.39, 0.29) is 0 Å². The van der Waals surface area contributed by atoms with E-state index in [9.17, 15) is 0 Å². The molecular formula is C24H28N6O2S. The summed E-state index contributed by atoms with van der Waals surface area (Å²) in [6, 6.07) is 17.2. The number of aliphatic imine (C=N–C) groups is 1. The topological polar surface area (TPSA) is 92.7 Å². The number of nitrogens with zero attached hydrogens (tertiary/aromatic N) is 3. The average Bonchev–Trinajstić information content (AvgIpc) is 2.78. The molecule has 1 aromatic heterocycles. The van der Waals surface area contributed by atoms with E-state index in [0.29, 0.717) is 30.2 Å². The van der Waals surface area contributed by atoms with Crippen molar-refractivity contribution >= 4 is 34.9 Å². The van der Waals surface area contributed by atoms with E-state index in [4.69, 9.17) is 21.7 Å². The number of guanidine groups is 1. The summed E-state index contributed by atoms with van der Waals surface area (Å²) in [5.41, 5.74) is 3.46. The van der Waals surface area contributed by atoms with Gasteiger partial charge >= 0.3 is 0 Å². The normalized spacial score (nSPS) is 11.0. The molecule has 33 heavy (non-hydrogen) atoms. The van der Waals surface area contributed by atoms with Crippen LogP contribution in [0, 0.1) is 13.8 Å². The first-order chi connectivity index (χ1) is 16.0. The lowest BCUT2D eigenvalue weighted by Crippen LogP contribution is -2.39. The van der Waals surface area contributed by atoms with E-state index in [1.165, 1.54) is 0 Å². The molecule has 0 saturated carbocycles. The fourth-order valence-corrected chi connectivity index (χ4v) is 3.28. The fraction of sp³-hybridized carbons (Fsp3) is 0.250. The van der Waals surface area contributed by atoms with Gasteiger partial charge in [-0.2, -0.15) is 0 Å². The second-order valence-electron chi connectivity index (χ2n) is 7.11. The van der Waals surface area contributed by atoms with E-state index in [1.54, 1.807) is 7.11 Å². The molecule has 3 rings (SSSR count). The van der Waals surface area contributed by atoms with E-state index in [1.807, 2.05) is 75.4 Å². The van der Waals surface area contributed by atoms with E-state index >= 15 is 0 Å². The largest absolute Gasteiger partial charge is 0.496 e. The summed E-state index contributed by atoms with van der Waals surface area (Å²) in [7, 11) is 1.64. The maximum absolute atomic E-state index is 5.50. The predicted molar refractivity (Wildman–Crippen MR) is 136 cm³/mol. The van der Waals surface area contributed by atoms with Crippen LogP contribution in [0.2, 0.25) is 0 Å². The number of hydrogen-bond donors (Lipinski definition) is 3. The third kappa shape index (κ3) is 7.43. The highest BCUT2D eigenvalue weighted by atomic mass is 32.1. The molecule has 8 nitrogen and oxygen atoms in total. The second kappa shape index (κ2) is 11.8. The quantitative estimate of drug-likeness (QED) is 0.268. The van der Waals surface area contributed by atoms with Gasteiger partial charge in [0.15, 0.2) is 5.11 Å². The lowest BCUT2D eigenvalue weighted by molar-refractivity contribution is 0.340. The number of rotatable bonds is 7. The minimum absolute atomic E-state index is 0.370. The number of hydrogen-bond acceptors (Lipinski definition) is 6. The van der Waals surface area contributed by atoms with Gasteiger partial charge in [0.05, 0.1) is 20.3 Å². The first-order valence-electron chi connectivity index (χ1n) is 10.5. The summed E-state index contributed by atoms with van der Waals surface area (Å²) in [4.78, 5) is 13.5. The number of ether oxygens (including phenoxy) is 2. The summed E-state index contributed by atoms with van der Waals surface area (Å²) in [6.07, 6.45) is 0. The van der Waals surface area contributed by atoms with Gasteiger partial charge in [0.1, 0.15) is 11.5 Å². The Labute approximate surface area is 199 Å². The van der Waals surface area contributed by atoms with Crippen molar-refractivity contribution in [1.82, 2.24) is 15.3 Å². The number of benzene rings is 2. The van der Waals surface area contributed by atoms with Gasteiger partial charge in [-0.15, -0.1) is 0 Å². The molecule has 0 spiro atoms. The lowest BCUT2D eigenvalue weighted by atomic mass is 10.2. The maximum Gasteiger partial charge on any atom is 0.229 e. The zero-order valence-electron chi connectivity index (χ0n) is 19.2. The number of thiocarbonyl (C=S) groups is 1. The third-order valence-corrected chi connectivity index (χ3v) is 4.67. The molecule has 3 aromatic rings. The Kier molecular flexibility index (Phi) is 8.54. The Balaban J connectivity index is 1.77. The van der Waals surface area contributed by atoms with Crippen molar-refractivity contribution in [2.24, 2.45) is 4.99 Å². The first-order valence-corrected chi connectivity index (χ1v) is 10.9. The number of para-hydroxylation sites is 1. The van der Waals surface area contributed by atoms with Crippen molar-refractivity contribution in [1.29, 1.82) is 0 Å². The highest BCUT2D eigenvalue weighted by molar-refractivity contribution is 7.80. The third-order valence-electron chi connectivity index (χ3n) is 4.47. The number of aromatic nitrogens is 2. The number of nitrogens with one attached hydrogen (secondary N) is 3. The van der Waals surface area contributed by atoms with Gasteiger partial charge in [0.25, 0.3) is 0 Å². The van der Waals surface area contributed by atoms with Crippen LogP contribution in [0.25, 0.3) is 0 Å². The molecule has 0 fully saturated rings. The average molecular weight is 465 g/mol. The van der Waals surface area contributed by atoms with Gasteiger partial charge in [-0.05, 0) is 69.4 Å². The molecule has 1 heterocycles. The van der Waals surface area contributed by atoms with Crippen molar-refractivity contribution < 1.29 is 9.47 Å². The second-order valence-corrected chi connectivity index (χ2v) is 7.52. The van der Waals surface area contributed by atoms with Crippen molar-refractivity contribution in [2.45, 2.75) is 27.3 Å². The molecule has 172 valence electrons. The Morgan fingerprint density at radius 2 is 1.70 bits per heavy atom. The molecule has 0 amide bonds. The van der Waals surface area contributed by atoms with Crippen LogP contribution in [0.15, 0.2) is 59.6 Å². The van der Waals surface area contributed by atoms with Crippen LogP contribution in [-0.2, 0) is 6.54 Å². The Morgan fingerprint density at radius 3 is 2.36 bits per heavy atom. The van der Waals surface area contributed by atoms with Crippen LogP contribution in [0.5, 0.6) is 11.5 Å². The van der Waals surface area contributed by atoms with E-state index in [0.717, 1.165) is 34.1 Å². The molecule has 0 aliphatic rings. The molecule has 0 unspecified atom stereocenters. The van der Waals surface area contributed by atoms with E-state index < -0.39 is 0 Å². The molecule has 0 radical (unpaired) electrons. The van der Waals surface area contributed by atoms with Crippen LogP contribution < -0.4 is 25.4 Å². The summed E-state index contributed by atoms with van der Waals surface area (Å²) < 4.78 is 10.9. The van der Waals surface area contributed by atoms with Gasteiger partial charge < -0.3 is 20.1 Å². The minimum atomic E-state index is 0.370. The molecule has 0 aliphatic carbocycles. The highest BCUT2D eigenvalue weighted by Gasteiger charge is 2.09. The summed E-state index contributed by atoms with van der Waals surface area (Å²) in [5, 5.41) is 9.77. The standard InChI is InChI=1S/C24H28N6O2S/c1-5-32-20-12-10-19(11-13-20)28-24(33)30-22(29-23-26-16(2)14-17(3)27-23)25-15-18-8-6-7-9-21(18)31-4/h6-14H,5,15H2,1-4H3,(H3,25,26,27,28,29,30,33). The number of methoxy groups -OCH3 is 1. The molecule has 0 bridgehead atoms. The Hall–Kier alpha value is -3.72. The van der Waals surface area contributed by atoms with Crippen LogP contribution in [-0.4, -0.2) is 34.8 Å². The van der Waals surface area contributed by atoms with Gasteiger partial charge in [0, 0.05) is 22.6 Å². The molecule has 2 aromatic carbocycles. The molecule has 0 aliphatic heterocycles. The molecule has 3 N–H and O–H groups in total. The van der Waals surface area contributed by atoms with Crippen LogP contribution in [0.4, 0.5) is 11.6 Å². The molecule has 0 atom stereocenters. The van der Waals surface area contributed by atoms with Crippen LogP contribution in [0.3, 0.4) is 0 Å². The first kappa shape index (κ1) is 23.9. The SMILES string of the molecule is CCOc1ccc(NC(=S)NC(=NCc2ccccc2OC)Nc2nc(C)cc(C)n2)cc1. The van der Waals surface area contributed by atoms with Gasteiger partial charge in [-0.25, -0.2) is 15.0 Å². The summed E-state index contributed by atoms with van der Waals surface area (Å²) in [5.74, 6) is 2.41. The Morgan fingerprint density at radius 1 is 1.00 bits per heavy atom. The van der Waals surface area contributed by atoms with Crippen molar-refractivity contribution in [2.75, 3.05) is 24.4 Å². The molecular weight excluding hydrogens is 436 g/mol. The molecule has 9 heteroatoms. The van der Waals surface area contributed by atoms with Gasteiger partial charge in [0.2, 0.25) is 11.9 Å². The lowest BCUT2D eigenvalue weighted by Gasteiger charge is -2.15. The maximum atomic E-state index is 5.50. The van der Waals surface area contributed by atoms with Crippen molar-refractivity contribution in [3.8, 4) is 11.5 Å². The number of anilines is 2. The smallest absolute Gasteiger partial charge is 0.229 e. The fourth-order valence-electron chi connectivity index (χ4n) is 3.07. The van der Waals surface area contributed by atoms with E-state index in [2.05, 4.69) is 30.9 Å².